The van der Waals surface area contributed by atoms with Crippen molar-refractivity contribution in [2.24, 2.45) is 0 Å². The van der Waals surface area contributed by atoms with Crippen LogP contribution in [0, 0.1) is 5.41 Å². The van der Waals surface area contributed by atoms with Crippen LogP contribution in [0.5, 0.6) is 0 Å². The first kappa shape index (κ1) is 15.6. The zero-order valence-corrected chi connectivity index (χ0v) is 14.0. The van der Waals surface area contributed by atoms with Crippen LogP contribution in [-0.2, 0) is 11.3 Å². The Balaban J connectivity index is 1.98. The molecular formula is C16H16BrN5O. The van der Waals surface area contributed by atoms with Crippen molar-refractivity contribution in [1.29, 1.82) is 5.41 Å². The monoisotopic (exact) mass is 373 g/mol. The predicted molar refractivity (Wildman–Crippen MR) is 90.8 cm³/mol. The van der Waals surface area contributed by atoms with E-state index in [2.05, 4.69) is 37.5 Å². The van der Waals surface area contributed by atoms with E-state index in [-0.39, 0.29) is 11.6 Å². The molecule has 0 radical (unpaired) electrons. The summed E-state index contributed by atoms with van der Waals surface area (Å²) in [5.74, 6) is 0. The number of rotatable bonds is 6. The lowest BCUT2D eigenvalue weighted by molar-refractivity contribution is 0.0612. The number of hydrogen-bond donors (Lipinski definition) is 2. The van der Waals surface area contributed by atoms with Crippen molar-refractivity contribution in [1.82, 2.24) is 19.5 Å². The molecule has 0 amide bonds. The number of nitrogens with one attached hydrogen (secondary N) is 2. The maximum Gasteiger partial charge on any atom is 0.177 e. The van der Waals surface area contributed by atoms with Gasteiger partial charge in [0.05, 0.1) is 19.5 Å². The van der Waals surface area contributed by atoms with E-state index in [0.717, 1.165) is 5.56 Å². The summed E-state index contributed by atoms with van der Waals surface area (Å²) in [6, 6.07) is 9.99. The lowest BCUT2D eigenvalue weighted by Gasteiger charge is -2.19. The van der Waals surface area contributed by atoms with Gasteiger partial charge in [0.15, 0.2) is 15.9 Å². The number of ether oxygens (including phenoxy) is 1. The van der Waals surface area contributed by atoms with Gasteiger partial charge in [-0.1, -0.05) is 36.4 Å². The second kappa shape index (κ2) is 6.89. The second-order valence-electron chi connectivity index (χ2n) is 4.99. The van der Waals surface area contributed by atoms with E-state index in [0.29, 0.717) is 29.0 Å². The Kier molecular flexibility index (Phi) is 4.68. The summed E-state index contributed by atoms with van der Waals surface area (Å²) < 4.78 is 8.36. The zero-order chi connectivity index (χ0) is 16.2. The smallest absolute Gasteiger partial charge is 0.177 e. The van der Waals surface area contributed by atoms with E-state index in [1.165, 1.54) is 0 Å². The highest BCUT2D eigenvalue weighted by molar-refractivity contribution is 9.10. The van der Waals surface area contributed by atoms with Gasteiger partial charge in [-0.3, -0.25) is 5.41 Å². The van der Waals surface area contributed by atoms with Gasteiger partial charge in [0.25, 0.3) is 0 Å². The van der Waals surface area contributed by atoms with E-state index >= 15 is 0 Å². The fourth-order valence-corrected chi connectivity index (χ4v) is 2.74. The molecule has 7 heteroatoms. The summed E-state index contributed by atoms with van der Waals surface area (Å²) in [4.78, 5) is 11.5. The SMILES string of the molecule is C=CCOC(Cn1cnc(=N)c2[nH]c(Br)nc21)c1ccccc1. The van der Waals surface area contributed by atoms with E-state index in [9.17, 15) is 0 Å². The van der Waals surface area contributed by atoms with Crippen molar-refractivity contribution < 1.29 is 4.74 Å². The minimum absolute atomic E-state index is 0.156. The Morgan fingerprint density at radius 2 is 2.17 bits per heavy atom. The van der Waals surface area contributed by atoms with Gasteiger partial charge >= 0.3 is 0 Å². The van der Waals surface area contributed by atoms with Crippen LogP contribution in [0.4, 0.5) is 0 Å². The highest BCUT2D eigenvalue weighted by Crippen LogP contribution is 2.21. The van der Waals surface area contributed by atoms with Crippen LogP contribution >= 0.6 is 15.9 Å². The summed E-state index contributed by atoms with van der Waals surface area (Å²) >= 11 is 3.31. The fraction of sp³-hybridized carbons (Fsp3) is 0.188. The first-order valence-corrected chi connectivity index (χ1v) is 7.91. The van der Waals surface area contributed by atoms with E-state index in [4.69, 9.17) is 10.1 Å². The van der Waals surface area contributed by atoms with Gasteiger partial charge in [0.2, 0.25) is 0 Å². The number of H-pyrrole nitrogens is 1. The first-order chi connectivity index (χ1) is 11.2. The number of aromatic amines is 1. The summed E-state index contributed by atoms with van der Waals surface area (Å²) in [7, 11) is 0. The Labute approximate surface area is 141 Å². The maximum absolute atomic E-state index is 7.87. The van der Waals surface area contributed by atoms with Crippen LogP contribution in [0.15, 0.2) is 54.0 Å². The van der Waals surface area contributed by atoms with E-state index in [1.807, 2.05) is 34.9 Å². The third-order valence-corrected chi connectivity index (χ3v) is 3.82. The Bertz CT molecular complexity index is 871. The molecule has 0 saturated carbocycles. The van der Waals surface area contributed by atoms with Crippen molar-refractivity contribution in [3.05, 3.63) is 65.1 Å². The zero-order valence-electron chi connectivity index (χ0n) is 12.4. The molecule has 0 spiro atoms. The first-order valence-electron chi connectivity index (χ1n) is 7.11. The number of halogens is 1. The fourth-order valence-electron chi connectivity index (χ4n) is 2.37. The van der Waals surface area contributed by atoms with Crippen LogP contribution in [0.3, 0.4) is 0 Å². The topological polar surface area (TPSA) is 79.6 Å². The highest BCUT2D eigenvalue weighted by atomic mass is 79.9. The number of aromatic nitrogens is 4. The molecule has 23 heavy (non-hydrogen) atoms. The number of fused-ring (bicyclic) bond motifs is 1. The van der Waals surface area contributed by atoms with Gasteiger partial charge in [-0.15, -0.1) is 6.58 Å². The molecule has 1 unspecified atom stereocenters. The molecule has 0 aliphatic rings. The summed E-state index contributed by atoms with van der Waals surface area (Å²) in [5.41, 5.74) is 2.49. The minimum Gasteiger partial charge on any atom is -0.368 e. The van der Waals surface area contributed by atoms with Crippen LogP contribution in [0.25, 0.3) is 11.2 Å². The van der Waals surface area contributed by atoms with Crippen molar-refractivity contribution in [2.75, 3.05) is 6.61 Å². The average molecular weight is 374 g/mol. The van der Waals surface area contributed by atoms with E-state index < -0.39 is 0 Å². The molecule has 2 heterocycles. The Morgan fingerprint density at radius 1 is 1.39 bits per heavy atom. The maximum atomic E-state index is 7.87. The number of imidazole rings is 1. The highest BCUT2D eigenvalue weighted by Gasteiger charge is 2.15. The molecule has 0 fully saturated rings. The Morgan fingerprint density at radius 3 is 2.91 bits per heavy atom. The normalized spacial score (nSPS) is 12.4. The lowest BCUT2D eigenvalue weighted by Crippen LogP contribution is -2.18. The van der Waals surface area contributed by atoms with Gasteiger partial charge in [-0.25, -0.2) is 9.97 Å². The molecule has 118 valence electrons. The third-order valence-electron chi connectivity index (χ3n) is 3.44. The standard InChI is InChI=1S/C16H16BrN5O/c1-2-8-23-12(11-6-4-3-5-7-11)9-22-10-19-14(18)13-15(22)21-16(17)20-13/h2-7,10,12,18H,1,8-9H2,(H,20,21). The predicted octanol–water partition coefficient (Wildman–Crippen LogP) is 2.95. The number of benzene rings is 1. The molecular weight excluding hydrogens is 358 g/mol. The molecule has 3 aromatic rings. The van der Waals surface area contributed by atoms with Gasteiger partial charge in [0, 0.05) is 0 Å². The molecule has 1 atom stereocenters. The Hall–Kier alpha value is -2.25. The average Bonchev–Trinajstić information content (AvgIpc) is 2.97. The summed E-state index contributed by atoms with van der Waals surface area (Å²) in [6.07, 6.45) is 3.19. The summed E-state index contributed by atoms with van der Waals surface area (Å²) in [5, 5.41) is 7.87. The van der Waals surface area contributed by atoms with Gasteiger partial charge in [-0.2, -0.15) is 0 Å². The molecule has 0 saturated heterocycles. The molecule has 1 aromatic carbocycles. The summed E-state index contributed by atoms with van der Waals surface area (Å²) in [6.45, 7) is 4.70. The molecule has 0 bridgehead atoms. The van der Waals surface area contributed by atoms with Crippen molar-refractivity contribution in [3.63, 3.8) is 0 Å². The largest absolute Gasteiger partial charge is 0.368 e. The van der Waals surface area contributed by atoms with Crippen molar-refractivity contribution >= 4 is 27.1 Å². The quantitative estimate of drug-likeness (QED) is 0.514. The van der Waals surface area contributed by atoms with Gasteiger partial charge < -0.3 is 14.3 Å². The van der Waals surface area contributed by atoms with Crippen LogP contribution < -0.4 is 5.49 Å². The van der Waals surface area contributed by atoms with E-state index in [1.54, 1.807) is 12.4 Å². The molecule has 2 N–H and O–H groups in total. The van der Waals surface area contributed by atoms with Crippen LogP contribution in [-0.4, -0.2) is 26.1 Å². The van der Waals surface area contributed by atoms with Gasteiger partial charge in [0.1, 0.15) is 11.6 Å². The number of nitrogens with zero attached hydrogens (tertiary/aromatic N) is 3. The second-order valence-corrected chi connectivity index (χ2v) is 5.74. The molecule has 0 aliphatic carbocycles. The van der Waals surface area contributed by atoms with Gasteiger partial charge in [-0.05, 0) is 21.5 Å². The lowest BCUT2D eigenvalue weighted by atomic mass is 10.1. The van der Waals surface area contributed by atoms with Crippen LogP contribution in [0.1, 0.15) is 11.7 Å². The molecule has 2 aromatic heterocycles. The molecule has 0 aliphatic heterocycles. The van der Waals surface area contributed by atoms with Crippen molar-refractivity contribution in [2.45, 2.75) is 12.6 Å². The minimum atomic E-state index is -0.156. The number of hydrogen-bond acceptors (Lipinski definition) is 4. The molecule has 3 rings (SSSR count). The molecule has 6 nitrogen and oxygen atoms in total. The van der Waals surface area contributed by atoms with Crippen LogP contribution in [0.2, 0.25) is 0 Å². The van der Waals surface area contributed by atoms with Crippen molar-refractivity contribution in [3.8, 4) is 0 Å². The third kappa shape index (κ3) is 3.40.